The molecule has 0 saturated carbocycles. The summed E-state index contributed by atoms with van der Waals surface area (Å²) in [7, 11) is 3.02. The fraction of sp³-hybridized carbons (Fsp3) is 0.159. The number of hydrogen-bond acceptors (Lipinski definition) is 18. The molecule has 10 rings (SSSR count). The number of hydrogen-bond donors (Lipinski definition) is 3. The zero-order valence-corrected chi connectivity index (χ0v) is 50.6. The van der Waals surface area contributed by atoms with Gasteiger partial charge >= 0.3 is 29.8 Å². The first-order valence-electron chi connectivity index (χ1n) is 26.2. The minimum absolute atomic E-state index is 0. The van der Waals surface area contributed by atoms with E-state index >= 15 is 9.59 Å². The van der Waals surface area contributed by atoms with Crippen molar-refractivity contribution in [3.8, 4) is 11.5 Å². The molecule has 0 radical (unpaired) electrons. The molecular formula is C63H54IN7O11S3. The van der Waals surface area contributed by atoms with E-state index in [2.05, 4.69) is 21.4 Å². The van der Waals surface area contributed by atoms with Crippen LogP contribution in [0.1, 0.15) is 59.0 Å². The number of β-lactam (4-membered cyclic amide) rings is 1. The van der Waals surface area contributed by atoms with Crippen molar-refractivity contribution in [2.24, 2.45) is 5.16 Å². The number of esters is 3. The third kappa shape index (κ3) is 12.7. The zero-order valence-electron chi connectivity index (χ0n) is 46.0. The van der Waals surface area contributed by atoms with Crippen LogP contribution in [-0.2, 0) is 54.1 Å². The predicted octanol–water partition coefficient (Wildman–Crippen LogP) is 6.02. The molecule has 1 fully saturated rings. The summed E-state index contributed by atoms with van der Waals surface area (Å²) >= 11 is 3.77. The van der Waals surface area contributed by atoms with Crippen LogP contribution in [0.4, 0.5) is 5.13 Å². The number of nitrogens with zero attached hydrogens (tertiary/aromatic N) is 4. The summed E-state index contributed by atoms with van der Waals surface area (Å²) < 4.78 is 19.2. The first-order valence-corrected chi connectivity index (χ1v) is 29.1. The lowest BCUT2D eigenvalue weighted by Gasteiger charge is -2.56. The summed E-state index contributed by atoms with van der Waals surface area (Å²) in [6, 6.07) is 55.4. The number of anilines is 1. The van der Waals surface area contributed by atoms with Crippen molar-refractivity contribution in [2.45, 2.75) is 41.2 Å². The van der Waals surface area contributed by atoms with Crippen LogP contribution in [0, 0.1) is 0 Å². The summed E-state index contributed by atoms with van der Waals surface area (Å²) in [6.45, 7) is 2.31. The molecule has 0 spiro atoms. The van der Waals surface area contributed by atoms with Gasteiger partial charge < -0.3 is 53.2 Å². The number of pyridine rings is 1. The number of benzene rings is 6. The first kappa shape index (κ1) is 60.7. The second-order valence-corrected chi connectivity index (χ2v) is 21.9. The van der Waals surface area contributed by atoms with E-state index in [0.717, 1.165) is 33.4 Å². The summed E-state index contributed by atoms with van der Waals surface area (Å²) in [5.74, 6) is -5.76. The molecule has 2 aliphatic heterocycles. The number of hydroxylamine groups is 1. The molecule has 2 amide bonds. The zero-order chi connectivity index (χ0) is 58.8. The number of rotatable bonds is 20. The molecule has 85 heavy (non-hydrogen) atoms. The third-order valence-corrected chi connectivity index (χ3v) is 17.0. The number of aromatic nitrogens is 2. The lowest BCUT2D eigenvalue weighted by atomic mass is 9.71. The van der Waals surface area contributed by atoms with Gasteiger partial charge in [-0.1, -0.05) is 168 Å². The number of oxime groups is 1. The summed E-state index contributed by atoms with van der Waals surface area (Å²) in [6.07, 6.45) is 2.60. The van der Waals surface area contributed by atoms with Gasteiger partial charge in [0.15, 0.2) is 28.4 Å². The van der Waals surface area contributed by atoms with Gasteiger partial charge in [0, 0.05) is 47.8 Å². The Morgan fingerprint density at radius 2 is 1.31 bits per heavy atom. The smallest absolute Gasteiger partial charge is 0.379 e. The highest BCUT2D eigenvalue weighted by Crippen LogP contribution is 2.55. The van der Waals surface area contributed by atoms with Gasteiger partial charge in [-0.25, -0.2) is 9.78 Å². The standard InChI is InChI=1S/C63H53N7O11S3.HI/c1-40(71)78-51-31-30-48(36-52(51)79-41(2)72)62(60(76)80-55(42-20-10-5-11-21-42)43-22-12-6-13-23-43)58(75)70-54(44(38-83-59(62)70)37-82-49-32-34-69(64-3)35-33-49)57(74)81-68-56(73)53(67-77-4)50-39-84-61(65-50)66-63(45-24-14-7-15-25-45,46-26-16-8-17-27-46)47-28-18-9-19-29-47;/h5-36,39,55,59,64H,37-38H2,1-4H3,(H-,65,66,68,73);1H/t59-,62?;/m0./s1. The maximum atomic E-state index is 15.7. The monoisotopic (exact) mass is 1310 g/mol. The average Bonchev–Trinajstić information content (AvgIpc) is 1.29. The van der Waals surface area contributed by atoms with E-state index in [9.17, 15) is 19.2 Å². The predicted molar refractivity (Wildman–Crippen MR) is 317 cm³/mol. The number of halogens is 1. The first-order chi connectivity index (χ1) is 40.8. The lowest BCUT2D eigenvalue weighted by molar-refractivity contribution is -0.647. The molecular weight excluding hydrogens is 1250 g/mol. The number of nitrogens with one attached hydrogen (secondary N) is 3. The van der Waals surface area contributed by atoms with Crippen LogP contribution in [0.2, 0.25) is 0 Å². The van der Waals surface area contributed by atoms with Gasteiger partial charge in [-0.05, 0) is 51.1 Å². The Morgan fingerprint density at radius 1 is 0.765 bits per heavy atom. The molecule has 18 nitrogen and oxygen atoms in total. The van der Waals surface area contributed by atoms with E-state index in [1.807, 2.05) is 128 Å². The number of amides is 2. The van der Waals surface area contributed by atoms with E-state index in [4.69, 9.17) is 28.9 Å². The van der Waals surface area contributed by atoms with E-state index in [-0.39, 0.29) is 69.6 Å². The lowest BCUT2D eigenvalue weighted by Crippen LogP contribution is -3.00. The maximum Gasteiger partial charge on any atom is 0.379 e. The second-order valence-electron chi connectivity index (χ2n) is 19.0. The third-order valence-electron chi connectivity index (χ3n) is 13.8. The van der Waals surface area contributed by atoms with Gasteiger partial charge in [0.05, 0.1) is 7.05 Å². The van der Waals surface area contributed by atoms with Gasteiger partial charge in [-0.2, -0.15) is 10.9 Å². The van der Waals surface area contributed by atoms with Crippen molar-refractivity contribution in [1.82, 2.24) is 15.4 Å². The molecule has 1 unspecified atom stereocenters. The minimum atomic E-state index is -2.24. The molecule has 22 heteroatoms. The van der Waals surface area contributed by atoms with Gasteiger partial charge in [0.2, 0.25) is 17.8 Å². The van der Waals surface area contributed by atoms with Crippen LogP contribution < -0.4 is 54.3 Å². The Balaban J connectivity index is 0.00000865. The van der Waals surface area contributed by atoms with Crippen LogP contribution in [0.5, 0.6) is 11.5 Å². The van der Waals surface area contributed by atoms with E-state index in [1.165, 1.54) is 67.1 Å². The van der Waals surface area contributed by atoms with Crippen molar-refractivity contribution < 1.29 is 81.3 Å². The van der Waals surface area contributed by atoms with Gasteiger partial charge in [0.25, 0.3) is 5.91 Å². The number of fused-ring (bicyclic) bond motifs is 1. The Kier molecular flexibility index (Phi) is 19.5. The van der Waals surface area contributed by atoms with Crippen LogP contribution in [0.15, 0.2) is 221 Å². The summed E-state index contributed by atoms with van der Waals surface area (Å²) in [5, 5.41) is 8.52. The molecule has 4 heterocycles. The van der Waals surface area contributed by atoms with Crippen molar-refractivity contribution in [1.29, 1.82) is 0 Å². The highest BCUT2D eigenvalue weighted by Gasteiger charge is 2.71. The molecule has 2 aliphatic rings. The number of carbonyl (C=O) groups is 6. The fourth-order valence-electron chi connectivity index (χ4n) is 10.00. The van der Waals surface area contributed by atoms with Gasteiger partial charge in [-0.3, -0.25) is 28.9 Å². The van der Waals surface area contributed by atoms with Crippen LogP contribution >= 0.6 is 34.9 Å². The molecule has 6 aromatic carbocycles. The topological polar surface area (TPSA) is 217 Å². The van der Waals surface area contributed by atoms with Crippen molar-refractivity contribution in [3.05, 3.63) is 250 Å². The molecule has 1 saturated heterocycles. The molecule has 0 bridgehead atoms. The Morgan fingerprint density at radius 3 is 1.84 bits per heavy atom. The Bertz CT molecular complexity index is 3650. The summed E-state index contributed by atoms with van der Waals surface area (Å²) in [4.78, 5) is 103. The molecule has 0 aliphatic carbocycles. The van der Waals surface area contributed by atoms with Crippen LogP contribution in [0.3, 0.4) is 0 Å². The van der Waals surface area contributed by atoms with Crippen molar-refractivity contribution >= 4 is 81.4 Å². The average molecular weight is 1310 g/mol. The largest absolute Gasteiger partial charge is 1.00 e. The highest BCUT2D eigenvalue weighted by molar-refractivity contribution is 8.01. The van der Waals surface area contributed by atoms with Crippen LogP contribution in [0.25, 0.3) is 0 Å². The number of ether oxygens (including phenoxy) is 3. The van der Waals surface area contributed by atoms with Crippen molar-refractivity contribution in [3.63, 3.8) is 0 Å². The Hall–Kier alpha value is -8.84. The fourth-order valence-corrected chi connectivity index (χ4v) is 13.3. The Labute approximate surface area is 518 Å². The van der Waals surface area contributed by atoms with E-state index in [0.29, 0.717) is 21.8 Å². The molecule has 8 aromatic rings. The highest BCUT2D eigenvalue weighted by atomic mass is 127. The molecule has 3 N–H and O–H groups in total. The number of thiazole rings is 1. The normalized spacial score (nSPS) is 15.5. The van der Waals surface area contributed by atoms with Crippen LogP contribution in [-0.4, -0.2) is 82.3 Å². The number of thioether (sulfide) groups is 2. The number of carbonyl (C=O) groups excluding carboxylic acids is 6. The maximum absolute atomic E-state index is 15.7. The summed E-state index contributed by atoms with van der Waals surface area (Å²) in [5.41, 5.74) is 5.90. The minimum Gasteiger partial charge on any atom is -1.00 e. The molecule has 432 valence electrons. The van der Waals surface area contributed by atoms with Gasteiger partial charge in [0.1, 0.15) is 29.4 Å². The van der Waals surface area contributed by atoms with Gasteiger partial charge in [-0.15, -0.1) is 34.9 Å². The van der Waals surface area contributed by atoms with E-state index in [1.54, 1.807) is 65.6 Å². The SMILES string of the molecule is CN[n+]1ccc(SCC2=C(C(=O)ONC(=O)C(=NOC)c3csc(NC(c4ccccc4)(c4ccccc4)c4ccccc4)n3)N3C(=O)C(C(=O)OC(c4ccccc4)c4ccccc4)(c4ccc(OC(C)=O)c(OC(C)=O)c4)[C@@H]3SC2)cc1.[I-]. The van der Waals surface area contributed by atoms with E-state index < -0.39 is 58.1 Å². The molecule has 2 atom stereocenters. The second kappa shape index (κ2) is 27.3. The molecule has 2 aromatic heterocycles. The van der Waals surface area contributed by atoms with Crippen molar-refractivity contribution in [2.75, 3.05) is 36.4 Å². The quantitative estimate of drug-likeness (QED) is 0.00760.